The Labute approximate surface area is 185 Å². The van der Waals surface area contributed by atoms with Crippen molar-refractivity contribution in [1.29, 1.82) is 0 Å². The Kier molecular flexibility index (Phi) is 7.06. The number of sulfonamides is 1. The molecule has 6 nitrogen and oxygen atoms in total. The van der Waals surface area contributed by atoms with Gasteiger partial charge in [-0.05, 0) is 62.4 Å². The van der Waals surface area contributed by atoms with Crippen LogP contribution in [0.1, 0.15) is 36.5 Å². The van der Waals surface area contributed by atoms with Crippen LogP contribution in [0.5, 0.6) is 0 Å². The molecular weight excluding hydrogens is 412 g/mol. The molecule has 7 heteroatoms. The Balaban J connectivity index is 1.82. The maximum atomic E-state index is 13.1. The van der Waals surface area contributed by atoms with Gasteiger partial charge < -0.3 is 10.1 Å². The molecule has 3 rings (SSSR count). The molecule has 1 heterocycles. The highest BCUT2D eigenvalue weighted by atomic mass is 32.2. The monoisotopic (exact) mass is 444 g/mol. The number of anilines is 1. The highest BCUT2D eigenvalue weighted by molar-refractivity contribution is 7.92. The number of rotatable bonds is 7. The fourth-order valence-corrected chi connectivity index (χ4v) is 5.36. The number of ether oxygens (including phenoxy) is 1. The predicted octanol–water partition coefficient (Wildman–Crippen LogP) is 3.32. The van der Waals surface area contributed by atoms with Crippen LogP contribution in [-0.4, -0.2) is 46.4 Å². The molecule has 1 aliphatic rings. The van der Waals surface area contributed by atoms with Crippen LogP contribution in [-0.2, 0) is 25.0 Å². The van der Waals surface area contributed by atoms with Crippen molar-refractivity contribution in [3.63, 3.8) is 0 Å². The Hall–Kier alpha value is -2.38. The van der Waals surface area contributed by atoms with Crippen molar-refractivity contribution in [2.24, 2.45) is 0 Å². The molecule has 1 aliphatic heterocycles. The fourth-order valence-electron chi connectivity index (χ4n) is 4.20. The van der Waals surface area contributed by atoms with E-state index in [0.717, 1.165) is 30.2 Å². The average Bonchev–Trinajstić information content (AvgIpc) is 2.75. The molecule has 0 aromatic heterocycles. The van der Waals surface area contributed by atoms with E-state index < -0.39 is 16.1 Å². The summed E-state index contributed by atoms with van der Waals surface area (Å²) in [4.78, 5) is 13.1. The second-order valence-electron chi connectivity index (χ2n) is 8.48. The lowest BCUT2D eigenvalue weighted by Gasteiger charge is -2.38. The fraction of sp³-hybridized carbons (Fsp3) is 0.458. The molecule has 0 aliphatic carbocycles. The van der Waals surface area contributed by atoms with Crippen LogP contribution in [0.15, 0.2) is 48.5 Å². The number of hydrogen-bond acceptors (Lipinski definition) is 4. The molecule has 0 radical (unpaired) electrons. The second-order valence-corrected chi connectivity index (χ2v) is 10.3. The third kappa shape index (κ3) is 5.28. The van der Waals surface area contributed by atoms with Gasteiger partial charge in [0.05, 0.1) is 11.9 Å². The maximum absolute atomic E-state index is 13.1. The Morgan fingerprint density at radius 3 is 2.32 bits per heavy atom. The quantitative estimate of drug-likeness (QED) is 0.711. The summed E-state index contributed by atoms with van der Waals surface area (Å²) in [5, 5.41) is 3.04. The number of hydrogen-bond donors (Lipinski definition) is 1. The van der Waals surface area contributed by atoms with E-state index >= 15 is 0 Å². The average molecular weight is 445 g/mol. The van der Waals surface area contributed by atoms with Crippen LogP contribution in [0.4, 0.5) is 5.69 Å². The van der Waals surface area contributed by atoms with Crippen molar-refractivity contribution >= 4 is 21.6 Å². The first-order valence-corrected chi connectivity index (χ1v) is 12.5. The van der Waals surface area contributed by atoms with E-state index in [4.69, 9.17) is 4.74 Å². The molecule has 0 saturated carbocycles. The van der Waals surface area contributed by atoms with E-state index in [-0.39, 0.29) is 11.3 Å². The van der Waals surface area contributed by atoms with E-state index in [1.54, 1.807) is 13.0 Å². The van der Waals surface area contributed by atoms with Gasteiger partial charge in [0.1, 0.15) is 6.04 Å². The Bertz CT molecular complexity index is 1020. The van der Waals surface area contributed by atoms with Gasteiger partial charge in [-0.25, -0.2) is 8.42 Å². The van der Waals surface area contributed by atoms with E-state index in [0.29, 0.717) is 25.4 Å². The molecule has 0 spiro atoms. The standard InChI is InChI=1S/C24H32N2O4S/c1-18-10-11-22(16-19(18)2)26(31(4,28)29)20(3)23(27)25-17-24(12-14-30-15-13-24)21-8-6-5-7-9-21/h5-11,16,20H,12-15,17H2,1-4H3,(H,25,27)/t20-/m1/s1. The number of nitrogens with one attached hydrogen (secondary N) is 1. The number of nitrogens with zero attached hydrogens (tertiary/aromatic N) is 1. The second kappa shape index (κ2) is 9.40. The smallest absolute Gasteiger partial charge is 0.243 e. The largest absolute Gasteiger partial charge is 0.381 e. The van der Waals surface area contributed by atoms with Crippen LogP contribution in [0.3, 0.4) is 0 Å². The maximum Gasteiger partial charge on any atom is 0.243 e. The zero-order valence-corrected chi connectivity index (χ0v) is 19.5. The molecule has 1 amide bonds. The van der Waals surface area contributed by atoms with Crippen molar-refractivity contribution in [2.75, 3.05) is 30.3 Å². The Morgan fingerprint density at radius 1 is 1.10 bits per heavy atom. The SMILES string of the molecule is Cc1ccc(N([C@H](C)C(=O)NCC2(c3ccccc3)CCOCC2)S(C)(=O)=O)cc1C. The van der Waals surface area contributed by atoms with Gasteiger partial charge in [0.25, 0.3) is 0 Å². The van der Waals surface area contributed by atoms with Crippen molar-refractivity contribution in [3.05, 3.63) is 65.2 Å². The van der Waals surface area contributed by atoms with E-state index in [9.17, 15) is 13.2 Å². The van der Waals surface area contributed by atoms with Gasteiger partial charge in [0, 0.05) is 25.2 Å². The van der Waals surface area contributed by atoms with Gasteiger partial charge in [0.2, 0.25) is 15.9 Å². The molecule has 1 saturated heterocycles. The van der Waals surface area contributed by atoms with E-state index in [1.807, 2.05) is 44.2 Å². The number of carbonyl (C=O) groups is 1. The first-order valence-electron chi connectivity index (χ1n) is 10.6. The zero-order chi connectivity index (χ0) is 22.6. The molecule has 1 fully saturated rings. The summed E-state index contributed by atoms with van der Waals surface area (Å²) in [5.41, 5.74) is 3.49. The summed E-state index contributed by atoms with van der Waals surface area (Å²) in [5.74, 6) is -0.314. The van der Waals surface area contributed by atoms with Crippen molar-refractivity contribution in [2.45, 2.75) is 45.1 Å². The predicted molar refractivity (Wildman–Crippen MR) is 124 cm³/mol. The lowest BCUT2D eigenvalue weighted by Crippen LogP contribution is -2.51. The number of benzene rings is 2. The van der Waals surface area contributed by atoms with Crippen molar-refractivity contribution in [3.8, 4) is 0 Å². The highest BCUT2D eigenvalue weighted by Crippen LogP contribution is 2.34. The van der Waals surface area contributed by atoms with Crippen molar-refractivity contribution in [1.82, 2.24) is 5.32 Å². The lowest BCUT2D eigenvalue weighted by atomic mass is 9.74. The topological polar surface area (TPSA) is 75.7 Å². The zero-order valence-electron chi connectivity index (χ0n) is 18.7. The van der Waals surface area contributed by atoms with Crippen LogP contribution < -0.4 is 9.62 Å². The van der Waals surface area contributed by atoms with Gasteiger partial charge in [-0.2, -0.15) is 0 Å². The molecule has 0 unspecified atom stereocenters. The van der Waals surface area contributed by atoms with Crippen LogP contribution >= 0.6 is 0 Å². The van der Waals surface area contributed by atoms with Gasteiger partial charge in [-0.1, -0.05) is 36.4 Å². The van der Waals surface area contributed by atoms with Crippen LogP contribution in [0.2, 0.25) is 0 Å². The number of amides is 1. The molecule has 1 atom stereocenters. The molecule has 1 N–H and O–H groups in total. The molecule has 168 valence electrons. The molecule has 2 aromatic rings. The number of aryl methyl sites for hydroxylation is 2. The first kappa shape index (κ1) is 23.3. The van der Waals surface area contributed by atoms with E-state index in [1.165, 1.54) is 9.87 Å². The van der Waals surface area contributed by atoms with E-state index in [2.05, 4.69) is 17.4 Å². The summed E-state index contributed by atoms with van der Waals surface area (Å²) < 4.78 is 32.0. The minimum atomic E-state index is -3.65. The summed E-state index contributed by atoms with van der Waals surface area (Å²) in [6.07, 6.45) is 2.74. The Morgan fingerprint density at radius 2 is 1.74 bits per heavy atom. The summed E-state index contributed by atoms with van der Waals surface area (Å²) in [7, 11) is -3.65. The van der Waals surface area contributed by atoms with Gasteiger partial charge in [-0.15, -0.1) is 0 Å². The van der Waals surface area contributed by atoms with Gasteiger partial charge >= 0.3 is 0 Å². The molecular formula is C24H32N2O4S. The normalized spacial score (nSPS) is 17.0. The summed E-state index contributed by atoms with van der Waals surface area (Å²) >= 11 is 0. The summed E-state index contributed by atoms with van der Waals surface area (Å²) in [6, 6.07) is 14.7. The molecule has 31 heavy (non-hydrogen) atoms. The third-order valence-electron chi connectivity index (χ3n) is 6.27. The molecule has 2 aromatic carbocycles. The third-order valence-corrected chi connectivity index (χ3v) is 7.51. The van der Waals surface area contributed by atoms with Crippen LogP contribution in [0.25, 0.3) is 0 Å². The van der Waals surface area contributed by atoms with Gasteiger partial charge in [-0.3, -0.25) is 9.10 Å². The first-order chi connectivity index (χ1) is 14.6. The van der Waals surface area contributed by atoms with Gasteiger partial charge in [0.15, 0.2) is 0 Å². The van der Waals surface area contributed by atoms with Crippen LogP contribution in [0, 0.1) is 13.8 Å². The highest BCUT2D eigenvalue weighted by Gasteiger charge is 2.36. The lowest BCUT2D eigenvalue weighted by molar-refractivity contribution is -0.122. The summed E-state index contributed by atoms with van der Waals surface area (Å²) in [6.45, 7) is 7.24. The minimum Gasteiger partial charge on any atom is -0.381 e. The van der Waals surface area contributed by atoms with Crippen molar-refractivity contribution < 1.29 is 17.9 Å². The minimum absolute atomic E-state index is 0.217. The number of carbonyl (C=O) groups excluding carboxylic acids is 1. The molecule has 0 bridgehead atoms.